The minimum atomic E-state index is -0.372. The maximum atomic E-state index is 12.5. The highest BCUT2D eigenvalue weighted by Gasteiger charge is 2.10. The average Bonchev–Trinajstić information content (AvgIpc) is 3.23. The molecule has 0 spiro atoms. The molecule has 0 atom stereocenters. The summed E-state index contributed by atoms with van der Waals surface area (Å²) in [5, 5.41) is 17.2. The third-order valence-electron chi connectivity index (χ3n) is 5.32. The smallest absolute Gasteiger partial charge is 0.271 e. The molecule has 0 unspecified atom stereocenters. The van der Waals surface area contributed by atoms with Crippen LogP contribution in [0.3, 0.4) is 0 Å². The van der Waals surface area contributed by atoms with Gasteiger partial charge in [0.2, 0.25) is 5.91 Å². The largest absolute Gasteiger partial charge is 0.508 e. The number of phenols is 1. The zero-order valence-corrected chi connectivity index (χ0v) is 19.7. The number of carbonyl (C=O) groups is 2. The van der Waals surface area contributed by atoms with Crippen LogP contribution in [0.4, 0.5) is 0 Å². The average molecular weight is 487 g/mol. The van der Waals surface area contributed by atoms with Gasteiger partial charge in [0.05, 0.1) is 12.8 Å². The van der Waals surface area contributed by atoms with Crippen molar-refractivity contribution >= 4 is 28.9 Å². The summed E-state index contributed by atoms with van der Waals surface area (Å²) in [4.78, 5) is 24.8. The van der Waals surface area contributed by atoms with Crippen LogP contribution in [0.2, 0.25) is 0 Å². The second-order valence-corrected chi connectivity index (χ2v) is 7.89. The summed E-state index contributed by atoms with van der Waals surface area (Å²) in [6, 6.07) is 20.7. The van der Waals surface area contributed by atoms with E-state index in [9.17, 15) is 14.7 Å². The first-order chi connectivity index (χ1) is 17.5. The molecule has 0 saturated carbocycles. The van der Waals surface area contributed by atoms with Gasteiger partial charge < -0.3 is 24.5 Å². The van der Waals surface area contributed by atoms with Gasteiger partial charge in [0, 0.05) is 41.9 Å². The van der Waals surface area contributed by atoms with Crippen molar-refractivity contribution in [3.63, 3.8) is 0 Å². The Balaban J connectivity index is 1.39. The van der Waals surface area contributed by atoms with Crippen molar-refractivity contribution < 1.29 is 24.2 Å². The van der Waals surface area contributed by atoms with Crippen LogP contribution < -0.4 is 15.5 Å². The lowest BCUT2D eigenvalue weighted by atomic mass is 10.2. The van der Waals surface area contributed by atoms with E-state index in [4.69, 9.17) is 9.47 Å². The minimum absolute atomic E-state index is 0.123. The Hall–Kier alpha value is -4.63. The van der Waals surface area contributed by atoms with Gasteiger partial charge in [-0.25, -0.2) is 5.43 Å². The standard InChI is InChI=1S/C27H26N4O5/c1-35-15-14-28-26(33)18-31-17-20(24-4-2-3-5-25(24)31)16-29-30-27(34)19-6-10-22(11-7-19)36-23-12-8-21(32)9-13-23/h2-13,16-17,32H,14-15,18H2,1H3,(H,28,33)(H,30,34). The molecule has 2 amide bonds. The molecule has 4 aromatic rings. The number of amides is 2. The third-order valence-corrected chi connectivity index (χ3v) is 5.32. The van der Waals surface area contributed by atoms with Crippen LogP contribution in [0.15, 0.2) is 84.1 Å². The fourth-order valence-corrected chi connectivity index (χ4v) is 3.56. The maximum Gasteiger partial charge on any atom is 0.271 e. The van der Waals surface area contributed by atoms with Crippen molar-refractivity contribution in [3.05, 3.63) is 90.1 Å². The van der Waals surface area contributed by atoms with E-state index in [0.29, 0.717) is 30.2 Å². The Morgan fingerprint density at radius 2 is 1.69 bits per heavy atom. The van der Waals surface area contributed by atoms with Crippen LogP contribution in [-0.4, -0.2) is 48.0 Å². The van der Waals surface area contributed by atoms with Gasteiger partial charge in [-0.05, 0) is 54.6 Å². The second kappa shape index (κ2) is 11.7. The molecule has 3 aromatic carbocycles. The number of rotatable bonds is 10. The molecule has 0 radical (unpaired) electrons. The molecule has 0 bridgehead atoms. The van der Waals surface area contributed by atoms with Crippen molar-refractivity contribution in [2.45, 2.75) is 6.54 Å². The number of nitrogens with zero attached hydrogens (tertiary/aromatic N) is 2. The molecule has 0 aliphatic heterocycles. The third kappa shape index (κ3) is 6.28. The summed E-state index contributed by atoms with van der Waals surface area (Å²) in [6.45, 7) is 1.05. The van der Waals surface area contributed by atoms with E-state index >= 15 is 0 Å². The van der Waals surface area contributed by atoms with Crippen molar-refractivity contribution in [2.75, 3.05) is 20.3 Å². The van der Waals surface area contributed by atoms with E-state index < -0.39 is 0 Å². The van der Waals surface area contributed by atoms with E-state index in [1.54, 1.807) is 49.7 Å². The predicted molar refractivity (Wildman–Crippen MR) is 137 cm³/mol. The molecule has 1 aromatic heterocycles. The monoisotopic (exact) mass is 486 g/mol. The van der Waals surface area contributed by atoms with Crippen LogP contribution in [0.5, 0.6) is 17.2 Å². The van der Waals surface area contributed by atoms with E-state index in [2.05, 4.69) is 15.8 Å². The molecule has 9 nitrogen and oxygen atoms in total. The van der Waals surface area contributed by atoms with E-state index in [-0.39, 0.29) is 24.1 Å². The van der Waals surface area contributed by atoms with Crippen molar-refractivity contribution in [2.24, 2.45) is 5.10 Å². The number of carbonyl (C=O) groups excluding carboxylic acids is 2. The van der Waals surface area contributed by atoms with Crippen LogP contribution in [0, 0.1) is 0 Å². The van der Waals surface area contributed by atoms with Crippen molar-refractivity contribution in [1.29, 1.82) is 0 Å². The molecule has 4 rings (SSSR count). The quantitative estimate of drug-likeness (QED) is 0.180. The molecule has 0 fully saturated rings. The summed E-state index contributed by atoms with van der Waals surface area (Å²) in [7, 11) is 1.58. The first-order valence-corrected chi connectivity index (χ1v) is 11.3. The molecule has 0 aliphatic rings. The molecule has 0 saturated heterocycles. The Bertz CT molecular complexity index is 1360. The van der Waals surface area contributed by atoms with Crippen LogP contribution >= 0.6 is 0 Å². The van der Waals surface area contributed by atoms with E-state index in [0.717, 1.165) is 16.5 Å². The number of phenolic OH excluding ortho intramolecular Hbond substituents is 1. The number of hydrogen-bond acceptors (Lipinski definition) is 6. The lowest BCUT2D eigenvalue weighted by molar-refractivity contribution is -0.121. The molecular weight excluding hydrogens is 460 g/mol. The number of benzene rings is 3. The van der Waals surface area contributed by atoms with Gasteiger partial charge in [0.25, 0.3) is 5.91 Å². The summed E-state index contributed by atoms with van der Waals surface area (Å²) in [5.41, 5.74) is 4.61. The maximum absolute atomic E-state index is 12.5. The van der Waals surface area contributed by atoms with Crippen molar-refractivity contribution in [3.8, 4) is 17.2 Å². The van der Waals surface area contributed by atoms with Crippen LogP contribution in [0.1, 0.15) is 15.9 Å². The van der Waals surface area contributed by atoms with Gasteiger partial charge in [0.1, 0.15) is 23.8 Å². The van der Waals surface area contributed by atoms with Crippen LogP contribution in [0.25, 0.3) is 10.9 Å². The Morgan fingerprint density at radius 3 is 2.42 bits per heavy atom. The number of para-hydroxylation sites is 1. The zero-order chi connectivity index (χ0) is 25.3. The van der Waals surface area contributed by atoms with Crippen LogP contribution in [-0.2, 0) is 16.1 Å². The van der Waals surface area contributed by atoms with Crippen molar-refractivity contribution in [1.82, 2.24) is 15.3 Å². The topological polar surface area (TPSA) is 114 Å². The number of hydrogen-bond donors (Lipinski definition) is 3. The number of ether oxygens (including phenoxy) is 2. The number of nitrogens with one attached hydrogen (secondary N) is 2. The van der Waals surface area contributed by atoms with Gasteiger partial charge in [-0.2, -0.15) is 5.10 Å². The van der Waals surface area contributed by atoms with Gasteiger partial charge in [-0.15, -0.1) is 0 Å². The number of methoxy groups -OCH3 is 1. The van der Waals surface area contributed by atoms with Gasteiger partial charge in [0.15, 0.2) is 0 Å². The molecule has 36 heavy (non-hydrogen) atoms. The van der Waals surface area contributed by atoms with Gasteiger partial charge in [-0.3, -0.25) is 9.59 Å². The number of aromatic hydroxyl groups is 1. The first-order valence-electron chi connectivity index (χ1n) is 11.3. The zero-order valence-electron chi connectivity index (χ0n) is 19.7. The fraction of sp³-hybridized carbons (Fsp3) is 0.148. The summed E-state index contributed by atoms with van der Waals surface area (Å²) >= 11 is 0. The molecule has 9 heteroatoms. The molecule has 184 valence electrons. The lowest BCUT2D eigenvalue weighted by Gasteiger charge is -2.06. The Morgan fingerprint density at radius 1 is 1.00 bits per heavy atom. The summed E-state index contributed by atoms with van der Waals surface area (Å²) in [5.74, 6) is 0.787. The normalized spacial score (nSPS) is 11.0. The minimum Gasteiger partial charge on any atom is -0.508 e. The highest BCUT2D eigenvalue weighted by molar-refractivity contribution is 6.01. The number of hydrazone groups is 1. The van der Waals surface area contributed by atoms with Gasteiger partial charge >= 0.3 is 0 Å². The SMILES string of the molecule is COCCNC(=O)Cn1cc(C=NNC(=O)c2ccc(Oc3ccc(O)cc3)cc2)c2ccccc21. The molecular formula is C27H26N4O5. The molecule has 3 N–H and O–H groups in total. The second-order valence-electron chi connectivity index (χ2n) is 7.89. The summed E-state index contributed by atoms with van der Waals surface area (Å²) in [6.07, 6.45) is 3.38. The molecule has 1 heterocycles. The lowest BCUT2D eigenvalue weighted by Crippen LogP contribution is -2.30. The highest BCUT2D eigenvalue weighted by atomic mass is 16.5. The Labute approximate surface area is 208 Å². The Kier molecular flexibility index (Phi) is 7.94. The fourth-order valence-electron chi connectivity index (χ4n) is 3.56. The predicted octanol–water partition coefficient (Wildman–Crippen LogP) is 3.67. The first kappa shape index (κ1) is 24.5. The molecule has 0 aliphatic carbocycles. The number of fused-ring (bicyclic) bond motifs is 1. The summed E-state index contributed by atoms with van der Waals surface area (Å²) < 4.78 is 12.5. The number of aromatic nitrogens is 1. The van der Waals surface area contributed by atoms with Gasteiger partial charge in [-0.1, -0.05) is 18.2 Å². The van der Waals surface area contributed by atoms with E-state index in [1.807, 2.05) is 35.0 Å². The van der Waals surface area contributed by atoms with E-state index in [1.165, 1.54) is 12.1 Å². The highest BCUT2D eigenvalue weighted by Crippen LogP contribution is 2.24.